The highest BCUT2D eigenvalue weighted by molar-refractivity contribution is 6.22. The summed E-state index contributed by atoms with van der Waals surface area (Å²) in [7, 11) is 0. The van der Waals surface area contributed by atoms with E-state index in [1.165, 1.54) is 82.0 Å². The Morgan fingerprint density at radius 1 is 0.535 bits per heavy atom. The van der Waals surface area contributed by atoms with Gasteiger partial charge in [0.15, 0.2) is 0 Å². The van der Waals surface area contributed by atoms with Crippen LogP contribution in [0.1, 0.15) is 5.56 Å². The minimum absolute atomic E-state index is 0.625. The van der Waals surface area contributed by atoms with Crippen molar-refractivity contribution in [3.8, 4) is 16.8 Å². The van der Waals surface area contributed by atoms with E-state index in [1.807, 2.05) is 0 Å². The fourth-order valence-corrected chi connectivity index (χ4v) is 7.10. The van der Waals surface area contributed by atoms with Crippen molar-refractivity contribution in [2.24, 2.45) is 5.73 Å². The Morgan fingerprint density at radius 2 is 1.21 bits per heavy atom. The van der Waals surface area contributed by atoms with Crippen LogP contribution in [0.15, 0.2) is 133 Å². The lowest BCUT2D eigenvalue weighted by molar-refractivity contribution is 0.976. The molecular weight excluding hydrogens is 522 g/mol. The van der Waals surface area contributed by atoms with Crippen molar-refractivity contribution in [1.29, 1.82) is 0 Å². The molecule has 0 aliphatic heterocycles. The maximum Gasteiger partial charge on any atom is 0.0547 e. The molecule has 3 N–H and O–H groups in total. The second-order valence-corrected chi connectivity index (χ2v) is 11.6. The number of nitrogens with zero attached hydrogens (tertiary/aromatic N) is 1. The Labute approximate surface area is 248 Å². The summed E-state index contributed by atoms with van der Waals surface area (Å²) in [4.78, 5) is 3.74. The summed E-state index contributed by atoms with van der Waals surface area (Å²) in [5, 5.41) is 10.1. The van der Waals surface area contributed by atoms with Crippen molar-refractivity contribution in [3.63, 3.8) is 0 Å². The van der Waals surface area contributed by atoms with Crippen LogP contribution in [-0.2, 0) is 6.42 Å². The molecule has 0 saturated carbocycles. The van der Waals surface area contributed by atoms with Gasteiger partial charge in [-0.3, -0.25) is 0 Å². The molecule has 0 aliphatic rings. The number of rotatable bonds is 4. The number of H-pyrrole nitrogens is 1. The number of aromatic amines is 1. The van der Waals surface area contributed by atoms with E-state index < -0.39 is 0 Å². The third-order valence-electron chi connectivity index (χ3n) is 9.07. The van der Waals surface area contributed by atoms with Crippen molar-refractivity contribution in [2.45, 2.75) is 6.42 Å². The Bertz CT molecular complexity index is 2510. The summed E-state index contributed by atoms with van der Waals surface area (Å²) in [5.74, 6) is 0. The molecule has 2 aromatic heterocycles. The highest BCUT2D eigenvalue weighted by atomic mass is 15.0. The van der Waals surface area contributed by atoms with Crippen LogP contribution in [0, 0.1) is 0 Å². The first kappa shape index (κ1) is 24.2. The van der Waals surface area contributed by atoms with Crippen molar-refractivity contribution < 1.29 is 0 Å². The molecule has 0 aliphatic carbocycles. The lowest BCUT2D eigenvalue weighted by atomic mass is 9.96. The smallest absolute Gasteiger partial charge is 0.0547 e. The minimum Gasteiger partial charge on any atom is -0.354 e. The second kappa shape index (κ2) is 9.32. The average molecular weight is 552 g/mol. The maximum atomic E-state index is 6.03. The van der Waals surface area contributed by atoms with Gasteiger partial charge in [0.25, 0.3) is 0 Å². The standard InChI is InChI=1S/C40H29N3/c41-19-18-30-20-29-10-6-7-13-32(29)39-35-23-27(14-16-36(35)42-40(30)39)28-15-17-37-33(22-28)34-21-25-8-4-5-9-26(25)24-38(34)43(37)31-11-2-1-3-12-31/h1-17,20-24,42H,18-19,41H2. The predicted octanol–water partition coefficient (Wildman–Crippen LogP) is 9.89. The zero-order chi connectivity index (χ0) is 28.5. The monoisotopic (exact) mass is 551 g/mol. The van der Waals surface area contributed by atoms with E-state index in [2.05, 4.69) is 143 Å². The molecule has 3 nitrogen and oxygen atoms in total. The summed E-state index contributed by atoms with van der Waals surface area (Å²) in [6, 6.07) is 48.8. The summed E-state index contributed by atoms with van der Waals surface area (Å²) in [6.45, 7) is 0.625. The van der Waals surface area contributed by atoms with Crippen LogP contribution in [0.25, 0.3) is 82.0 Å². The number of nitrogens with one attached hydrogen (secondary N) is 1. The molecule has 9 aromatic rings. The first-order valence-electron chi connectivity index (χ1n) is 15.0. The number of hydrogen-bond acceptors (Lipinski definition) is 1. The summed E-state index contributed by atoms with van der Waals surface area (Å²) in [6.07, 6.45) is 0.845. The summed E-state index contributed by atoms with van der Waals surface area (Å²) in [5.41, 5.74) is 15.7. The van der Waals surface area contributed by atoms with E-state index >= 15 is 0 Å². The molecule has 0 amide bonds. The molecule has 0 fully saturated rings. The molecule has 0 saturated heterocycles. The molecule has 0 spiro atoms. The third kappa shape index (κ3) is 3.65. The van der Waals surface area contributed by atoms with Crippen LogP contribution in [0.2, 0.25) is 0 Å². The third-order valence-corrected chi connectivity index (χ3v) is 9.07. The zero-order valence-electron chi connectivity index (χ0n) is 23.6. The Morgan fingerprint density at radius 3 is 2.02 bits per heavy atom. The van der Waals surface area contributed by atoms with Gasteiger partial charge < -0.3 is 15.3 Å². The van der Waals surface area contributed by atoms with Crippen LogP contribution in [0.4, 0.5) is 0 Å². The number of aromatic nitrogens is 2. The van der Waals surface area contributed by atoms with Gasteiger partial charge in [-0.25, -0.2) is 0 Å². The molecule has 3 heteroatoms. The molecule has 204 valence electrons. The number of nitrogens with two attached hydrogens (primary N) is 1. The van der Waals surface area contributed by atoms with Crippen LogP contribution in [0.3, 0.4) is 0 Å². The lowest BCUT2D eigenvalue weighted by Gasteiger charge is -2.09. The molecule has 0 atom stereocenters. The molecule has 7 aromatic carbocycles. The van der Waals surface area contributed by atoms with Crippen LogP contribution >= 0.6 is 0 Å². The largest absolute Gasteiger partial charge is 0.354 e. The Kier molecular flexibility index (Phi) is 5.25. The molecule has 2 heterocycles. The predicted molar refractivity (Wildman–Crippen MR) is 183 cm³/mol. The van der Waals surface area contributed by atoms with Gasteiger partial charge in [0.1, 0.15) is 0 Å². The van der Waals surface area contributed by atoms with Crippen molar-refractivity contribution in [2.75, 3.05) is 6.54 Å². The molecular formula is C40H29N3. The number of hydrogen-bond donors (Lipinski definition) is 2. The molecule has 0 bridgehead atoms. The van der Waals surface area contributed by atoms with Crippen molar-refractivity contribution in [1.82, 2.24) is 9.55 Å². The van der Waals surface area contributed by atoms with Crippen LogP contribution in [-0.4, -0.2) is 16.1 Å². The van der Waals surface area contributed by atoms with E-state index in [0.29, 0.717) is 6.54 Å². The van der Waals surface area contributed by atoms with Crippen molar-refractivity contribution >= 4 is 65.2 Å². The van der Waals surface area contributed by atoms with E-state index in [1.54, 1.807) is 0 Å². The van der Waals surface area contributed by atoms with Gasteiger partial charge in [0.2, 0.25) is 0 Å². The molecule has 0 radical (unpaired) electrons. The van der Waals surface area contributed by atoms with Gasteiger partial charge in [-0.1, -0.05) is 78.9 Å². The summed E-state index contributed by atoms with van der Waals surface area (Å²) >= 11 is 0. The van der Waals surface area contributed by atoms with Crippen molar-refractivity contribution in [3.05, 3.63) is 139 Å². The number of fused-ring (bicyclic) bond motifs is 9. The summed E-state index contributed by atoms with van der Waals surface area (Å²) < 4.78 is 2.40. The SMILES string of the molecule is NCCc1cc2ccccc2c2c1[nH]c1ccc(-c3ccc4c(c3)c3cc5ccccc5cc3n4-c3ccccc3)cc12. The Hall–Kier alpha value is -5.38. The van der Waals surface area contributed by atoms with E-state index in [9.17, 15) is 0 Å². The first-order valence-corrected chi connectivity index (χ1v) is 15.0. The van der Waals surface area contributed by atoms with Crippen LogP contribution in [0.5, 0.6) is 0 Å². The normalized spacial score (nSPS) is 12.0. The lowest BCUT2D eigenvalue weighted by Crippen LogP contribution is -2.03. The second-order valence-electron chi connectivity index (χ2n) is 11.6. The minimum atomic E-state index is 0.625. The van der Waals surface area contributed by atoms with E-state index in [4.69, 9.17) is 5.73 Å². The van der Waals surface area contributed by atoms with Gasteiger partial charge in [0, 0.05) is 32.7 Å². The molecule has 43 heavy (non-hydrogen) atoms. The highest BCUT2D eigenvalue weighted by Crippen LogP contribution is 2.40. The van der Waals surface area contributed by atoms with E-state index in [-0.39, 0.29) is 0 Å². The average Bonchev–Trinajstić information content (AvgIpc) is 3.60. The quantitative estimate of drug-likeness (QED) is 0.225. The zero-order valence-corrected chi connectivity index (χ0v) is 23.6. The Balaban J connectivity index is 1.31. The van der Waals surface area contributed by atoms with E-state index in [0.717, 1.165) is 11.9 Å². The van der Waals surface area contributed by atoms with Gasteiger partial charge >= 0.3 is 0 Å². The maximum absolute atomic E-state index is 6.03. The van der Waals surface area contributed by atoms with Gasteiger partial charge in [-0.05, 0) is 106 Å². The first-order chi connectivity index (χ1) is 21.3. The fraction of sp³-hybridized carbons (Fsp3) is 0.0500. The highest BCUT2D eigenvalue weighted by Gasteiger charge is 2.16. The van der Waals surface area contributed by atoms with Gasteiger partial charge in [-0.2, -0.15) is 0 Å². The number of benzene rings is 7. The molecule has 9 rings (SSSR count). The van der Waals surface area contributed by atoms with Gasteiger partial charge in [-0.15, -0.1) is 0 Å². The fourth-order valence-electron chi connectivity index (χ4n) is 7.10. The molecule has 0 unspecified atom stereocenters. The topological polar surface area (TPSA) is 46.7 Å². The van der Waals surface area contributed by atoms with Gasteiger partial charge in [0.05, 0.1) is 16.6 Å². The van der Waals surface area contributed by atoms with Crippen LogP contribution < -0.4 is 5.73 Å². The number of para-hydroxylation sites is 1.